The molecule has 2 amide bonds. The van der Waals surface area contributed by atoms with E-state index in [4.69, 9.17) is 9.47 Å². The van der Waals surface area contributed by atoms with Crippen molar-refractivity contribution in [2.24, 2.45) is 5.92 Å². The molecule has 2 aromatic carbocycles. The number of esters is 1. The third-order valence-corrected chi connectivity index (χ3v) is 4.93. The fraction of sp³-hybridized carbons (Fsp3) is 0.375. The number of anilines is 2. The van der Waals surface area contributed by atoms with Crippen LogP contribution in [0.2, 0.25) is 0 Å². The minimum absolute atomic E-state index is 0.0611. The van der Waals surface area contributed by atoms with E-state index in [9.17, 15) is 14.4 Å². The largest absolute Gasteiger partial charge is 0.494 e. The number of amides is 2. The van der Waals surface area contributed by atoms with Crippen LogP contribution in [0.1, 0.15) is 30.9 Å². The van der Waals surface area contributed by atoms with Gasteiger partial charge in [0, 0.05) is 24.3 Å². The number of hydrogen-bond acceptors (Lipinski definition) is 5. The Labute approximate surface area is 182 Å². The van der Waals surface area contributed by atoms with Crippen molar-refractivity contribution in [1.29, 1.82) is 0 Å². The van der Waals surface area contributed by atoms with Crippen molar-refractivity contribution in [3.63, 3.8) is 0 Å². The van der Waals surface area contributed by atoms with Crippen molar-refractivity contribution in [3.05, 3.63) is 53.6 Å². The number of benzene rings is 2. The lowest BCUT2D eigenvalue weighted by atomic mass is 10.1. The summed E-state index contributed by atoms with van der Waals surface area (Å²) in [6, 6.07) is 12.9. The van der Waals surface area contributed by atoms with Crippen molar-refractivity contribution in [1.82, 2.24) is 0 Å². The number of ether oxygens (including phenoxy) is 2. The molecule has 0 radical (unpaired) electrons. The third kappa shape index (κ3) is 6.07. The number of nitrogens with zero attached hydrogens (tertiary/aromatic N) is 1. The second-order valence-corrected chi connectivity index (χ2v) is 7.78. The lowest BCUT2D eigenvalue weighted by Gasteiger charge is -2.17. The van der Waals surface area contributed by atoms with Crippen LogP contribution in [0.5, 0.6) is 5.75 Å². The van der Waals surface area contributed by atoms with E-state index >= 15 is 0 Å². The van der Waals surface area contributed by atoms with Gasteiger partial charge in [-0.1, -0.05) is 13.0 Å². The second kappa shape index (κ2) is 10.1. The molecule has 1 heterocycles. The van der Waals surface area contributed by atoms with Gasteiger partial charge in [0.25, 0.3) is 5.91 Å². The molecule has 1 aliphatic rings. The van der Waals surface area contributed by atoms with Gasteiger partial charge in [0.15, 0.2) is 6.61 Å². The van der Waals surface area contributed by atoms with E-state index < -0.39 is 17.8 Å². The molecule has 3 rings (SSSR count). The molecule has 1 fully saturated rings. The summed E-state index contributed by atoms with van der Waals surface area (Å²) < 4.78 is 10.7. The fourth-order valence-corrected chi connectivity index (χ4v) is 3.56. The van der Waals surface area contributed by atoms with Gasteiger partial charge in [-0.25, -0.2) is 0 Å². The quantitative estimate of drug-likeness (QED) is 0.654. The summed E-state index contributed by atoms with van der Waals surface area (Å²) in [5, 5.41) is 2.73. The first-order valence-corrected chi connectivity index (χ1v) is 10.4. The monoisotopic (exact) mass is 424 g/mol. The summed E-state index contributed by atoms with van der Waals surface area (Å²) in [4.78, 5) is 38.5. The van der Waals surface area contributed by atoms with Crippen LogP contribution in [-0.2, 0) is 19.1 Å². The maximum Gasteiger partial charge on any atom is 0.311 e. The topological polar surface area (TPSA) is 84.9 Å². The number of nitrogens with one attached hydrogen (secondary N) is 1. The number of aryl methyl sites for hydroxylation is 2. The summed E-state index contributed by atoms with van der Waals surface area (Å²) >= 11 is 0. The van der Waals surface area contributed by atoms with Crippen LogP contribution in [0.25, 0.3) is 0 Å². The maximum atomic E-state index is 12.4. The number of rotatable bonds is 8. The molecule has 0 unspecified atom stereocenters. The highest BCUT2D eigenvalue weighted by Gasteiger charge is 2.36. The van der Waals surface area contributed by atoms with Gasteiger partial charge in [-0.3, -0.25) is 14.4 Å². The average Bonchev–Trinajstić information content (AvgIpc) is 3.12. The SMILES string of the molecule is CCCOc1ccc(N2C[C@@H](C(=O)OCC(=O)Nc3cc(C)cc(C)c3)CC2=O)cc1. The molecule has 0 spiro atoms. The number of carbonyl (C=O) groups is 3. The van der Waals surface area contributed by atoms with Crippen molar-refractivity contribution in [2.45, 2.75) is 33.6 Å². The Hall–Kier alpha value is -3.35. The van der Waals surface area contributed by atoms with Gasteiger partial charge in [0.05, 0.1) is 12.5 Å². The van der Waals surface area contributed by atoms with E-state index in [-0.39, 0.29) is 25.5 Å². The van der Waals surface area contributed by atoms with E-state index in [2.05, 4.69) is 5.32 Å². The third-order valence-electron chi connectivity index (χ3n) is 4.93. The normalized spacial score (nSPS) is 15.6. The van der Waals surface area contributed by atoms with Crippen LogP contribution in [0.15, 0.2) is 42.5 Å². The minimum atomic E-state index is -0.600. The van der Waals surface area contributed by atoms with Crippen LogP contribution in [-0.4, -0.2) is 37.5 Å². The maximum absolute atomic E-state index is 12.4. The molecule has 1 aliphatic heterocycles. The lowest BCUT2D eigenvalue weighted by Crippen LogP contribution is -2.28. The summed E-state index contributed by atoms with van der Waals surface area (Å²) in [7, 11) is 0. The average molecular weight is 424 g/mol. The van der Waals surface area contributed by atoms with Crippen LogP contribution >= 0.6 is 0 Å². The second-order valence-electron chi connectivity index (χ2n) is 7.78. The highest BCUT2D eigenvalue weighted by molar-refractivity contribution is 6.00. The zero-order valence-electron chi connectivity index (χ0n) is 18.1. The van der Waals surface area contributed by atoms with Gasteiger partial charge in [-0.05, 0) is 67.8 Å². The molecule has 0 bridgehead atoms. The van der Waals surface area contributed by atoms with Gasteiger partial charge in [0.2, 0.25) is 5.91 Å². The standard InChI is InChI=1S/C24H28N2O5/c1-4-9-30-21-7-5-20(6-8-21)26-14-18(13-23(26)28)24(29)31-15-22(27)25-19-11-16(2)10-17(3)12-19/h5-8,10-12,18H,4,9,13-15H2,1-3H3,(H,25,27)/t18-/m0/s1. The Morgan fingerprint density at radius 1 is 1.10 bits per heavy atom. The van der Waals surface area contributed by atoms with E-state index in [0.29, 0.717) is 18.0 Å². The Morgan fingerprint density at radius 2 is 1.77 bits per heavy atom. The van der Waals surface area contributed by atoms with Crippen molar-refractivity contribution >= 4 is 29.2 Å². The first-order valence-electron chi connectivity index (χ1n) is 10.4. The lowest BCUT2D eigenvalue weighted by molar-refractivity contribution is -0.151. The Balaban J connectivity index is 1.51. The van der Waals surface area contributed by atoms with Crippen LogP contribution in [0.3, 0.4) is 0 Å². The van der Waals surface area contributed by atoms with Gasteiger partial charge in [-0.15, -0.1) is 0 Å². The van der Waals surface area contributed by atoms with Crippen LogP contribution in [0, 0.1) is 19.8 Å². The molecule has 0 aromatic heterocycles. The molecule has 0 aliphatic carbocycles. The van der Waals surface area contributed by atoms with Crippen molar-refractivity contribution in [2.75, 3.05) is 30.0 Å². The van der Waals surface area contributed by atoms with Gasteiger partial charge < -0.3 is 19.7 Å². The van der Waals surface area contributed by atoms with E-state index in [0.717, 1.165) is 23.3 Å². The molecule has 1 N–H and O–H groups in total. The van der Waals surface area contributed by atoms with Gasteiger partial charge in [0.1, 0.15) is 5.75 Å². The molecule has 7 heteroatoms. The molecule has 0 saturated carbocycles. The highest BCUT2D eigenvalue weighted by Crippen LogP contribution is 2.27. The van der Waals surface area contributed by atoms with E-state index in [1.807, 2.05) is 39.0 Å². The zero-order chi connectivity index (χ0) is 22.4. The summed E-state index contributed by atoms with van der Waals surface area (Å²) in [6.45, 7) is 6.39. The zero-order valence-corrected chi connectivity index (χ0v) is 18.1. The van der Waals surface area contributed by atoms with Crippen molar-refractivity contribution in [3.8, 4) is 5.75 Å². The molecule has 1 saturated heterocycles. The first-order chi connectivity index (χ1) is 14.9. The number of hydrogen-bond donors (Lipinski definition) is 1. The molecule has 164 valence electrons. The molecular formula is C24H28N2O5. The van der Waals surface area contributed by atoms with Gasteiger partial charge in [-0.2, -0.15) is 0 Å². The Morgan fingerprint density at radius 3 is 2.42 bits per heavy atom. The Bertz CT molecular complexity index is 935. The van der Waals surface area contributed by atoms with Crippen LogP contribution < -0.4 is 15.0 Å². The van der Waals surface area contributed by atoms with Gasteiger partial charge >= 0.3 is 5.97 Å². The smallest absolute Gasteiger partial charge is 0.311 e. The van der Waals surface area contributed by atoms with E-state index in [1.54, 1.807) is 29.2 Å². The molecule has 7 nitrogen and oxygen atoms in total. The highest BCUT2D eigenvalue weighted by atomic mass is 16.5. The van der Waals surface area contributed by atoms with Crippen molar-refractivity contribution < 1.29 is 23.9 Å². The summed E-state index contributed by atoms with van der Waals surface area (Å²) in [5.41, 5.74) is 3.42. The first kappa shape index (κ1) is 22.3. The molecule has 2 aromatic rings. The summed E-state index contributed by atoms with van der Waals surface area (Å²) in [6.07, 6.45) is 0.977. The summed E-state index contributed by atoms with van der Waals surface area (Å²) in [5.74, 6) is -0.971. The van der Waals surface area contributed by atoms with Crippen LogP contribution in [0.4, 0.5) is 11.4 Å². The molecule has 1 atom stereocenters. The predicted molar refractivity (Wildman–Crippen MR) is 118 cm³/mol. The number of carbonyl (C=O) groups excluding carboxylic acids is 3. The van der Waals surface area contributed by atoms with E-state index in [1.165, 1.54) is 0 Å². The predicted octanol–water partition coefficient (Wildman–Crippen LogP) is 3.63. The minimum Gasteiger partial charge on any atom is -0.494 e. The molecular weight excluding hydrogens is 396 g/mol. The fourth-order valence-electron chi connectivity index (χ4n) is 3.56. The molecule has 31 heavy (non-hydrogen) atoms. The Kier molecular flexibility index (Phi) is 7.28.